The van der Waals surface area contributed by atoms with Crippen molar-refractivity contribution < 1.29 is 9.13 Å². The van der Waals surface area contributed by atoms with Gasteiger partial charge in [-0.15, -0.1) is 0 Å². The second kappa shape index (κ2) is 7.29. The highest BCUT2D eigenvalue weighted by atomic mass is 19.1. The molecule has 19 heavy (non-hydrogen) atoms. The normalized spacial score (nSPS) is 16.6. The van der Waals surface area contributed by atoms with E-state index in [1.807, 2.05) is 18.4 Å². The highest BCUT2D eigenvalue weighted by Gasteiger charge is 2.17. The Morgan fingerprint density at radius 2 is 2.11 bits per heavy atom. The van der Waals surface area contributed by atoms with E-state index in [1.165, 1.54) is 17.7 Å². The Morgan fingerprint density at radius 3 is 2.74 bits per heavy atom. The van der Waals surface area contributed by atoms with E-state index in [9.17, 15) is 4.39 Å². The monoisotopic (exact) mass is 263 g/mol. The van der Waals surface area contributed by atoms with Gasteiger partial charge in [-0.05, 0) is 55.5 Å². The topological polar surface area (TPSA) is 21.3 Å². The summed E-state index contributed by atoms with van der Waals surface area (Å²) in [6.45, 7) is 3.97. The number of ether oxygens (including phenoxy) is 1. The van der Waals surface area contributed by atoms with Gasteiger partial charge in [0, 0.05) is 6.04 Å². The van der Waals surface area contributed by atoms with Crippen LogP contribution in [0.2, 0.25) is 0 Å². The van der Waals surface area contributed by atoms with E-state index < -0.39 is 0 Å². The highest BCUT2D eigenvalue weighted by molar-refractivity contribution is 5.21. The van der Waals surface area contributed by atoms with Crippen LogP contribution in [0.25, 0.3) is 0 Å². The predicted molar refractivity (Wildman–Crippen MR) is 75.5 cm³/mol. The zero-order valence-electron chi connectivity index (χ0n) is 11.5. The highest BCUT2D eigenvalue weighted by Crippen LogP contribution is 2.19. The molecule has 0 amide bonds. The zero-order valence-corrected chi connectivity index (χ0v) is 11.5. The van der Waals surface area contributed by atoms with Gasteiger partial charge in [-0.2, -0.15) is 0 Å². The third kappa shape index (κ3) is 4.35. The lowest BCUT2D eigenvalue weighted by molar-refractivity contribution is 0.219. The van der Waals surface area contributed by atoms with Gasteiger partial charge in [-0.1, -0.05) is 19.1 Å². The van der Waals surface area contributed by atoms with Crippen LogP contribution in [0.3, 0.4) is 0 Å². The number of nitrogens with one attached hydrogen (secondary N) is 1. The first kappa shape index (κ1) is 14.1. The zero-order chi connectivity index (χ0) is 13.5. The van der Waals surface area contributed by atoms with Gasteiger partial charge >= 0.3 is 0 Å². The second-order valence-electron chi connectivity index (χ2n) is 5.00. The van der Waals surface area contributed by atoms with Crippen LogP contribution in [-0.2, 0) is 11.2 Å². The predicted octanol–water partition coefficient (Wildman–Crippen LogP) is 3.43. The fourth-order valence-electron chi connectivity index (χ4n) is 2.35. The lowest BCUT2D eigenvalue weighted by Gasteiger charge is -2.24. The quantitative estimate of drug-likeness (QED) is 0.849. The summed E-state index contributed by atoms with van der Waals surface area (Å²) in [6.07, 6.45) is 6.06. The molecule has 0 fully saturated rings. The molecule has 0 saturated carbocycles. The van der Waals surface area contributed by atoms with Crippen molar-refractivity contribution in [3.8, 4) is 0 Å². The summed E-state index contributed by atoms with van der Waals surface area (Å²) in [7, 11) is 0. The van der Waals surface area contributed by atoms with Gasteiger partial charge in [-0.25, -0.2) is 4.39 Å². The maximum absolute atomic E-state index is 12.9. The van der Waals surface area contributed by atoms with Crippen LogP contribution in [0.15, 0.2) is 36.1 Å². The Balaban J connectivity index is 2.04. The molecule has 0 radical (unpaired) electrons. The largest absolute Gasteiger partial charge is 0.501 e. The summed E-state index contributed by atoms with van der Waals surface area (Å²) >= 11 is 0. The number of rotatable bonds is 6. The Labute approximate surface area is 114 Å². The minimum Gasteiger partial charge on any atom is -0.501 e. The smallest absolute Gasteiger partial charge is 0.123 e. The van der Waals surface area contributed by atoms with E-state index in [0.29, 0.717) is 6.04 Å². The third-order valence-corrected chi connectivity index (χ3v) is 3.40. The van der Waals surface area contributed by atoms with Crippen molar-refractivity contribution in [3.63, 3.8) is 0 Å². The van der Waals surface area contributed by atoms with Crippen molar-refractivity contribution in [2.24, 2.45) is 0 Å². The molecule has 0 bridgehead atoms. The fourth-order valence-corrected chi connectivity index (χ4v) is 2.35. The molecule has 0 spiro atoms. The molecule has 1 aromatic carbocycles. The van der Waals surface area contributed by atoms with Crippen LogP contribution in [0.4, 0.5) is 4.39 Å². The van der Waals surface area contributed by atoms with Crippen molar-refractivity contribution in [1.29, 1.82) is 0 Å². The Morgan fingerprint density at radius 1 is 1.32 bits per heavy atom. The van der Waals surface area contributed by atoms with Crippen LogP contribution in [-0.4, -0.2) is 19.2 Å². The van der Waals surface area contributed by atoms with Gasteiger partial charge in [0.2, 0.25) is 0 Å². The minimum absolute atomic E-state index is 0.179. The van der Waals surface area contributed by atoms with Crippen molar-refractivity contribution in [3.05, 3.63) is 47.5 Å². The molecular formula is C16H22FNO. The summed E-state index contributed by atoms with van der Waals surface area (Å²) in [6, 6.07) is 7.07. The van der Waals surface area contributed by atoms with E-state index in [-0.39, 0.29) is 5.82 Å². The summed E-state index contributed by atoms with van der Waals surface area (Å²) in [5, 5.41) is 3.56. The van der Waals surface area contributed by atoms with Gasteiger partial charge in [0.05, 0.1) is 12.9 Å². The molecule has 1 aromatic rings. The van der Waals surface area contributed by atoms with E-state index in [2.05, 4.69) is 12.2 Å². The van der Waals surface area contributed by atoms with E-state index in [0.717, 1.165) is 44.4 Å². The van der Waals surface area contributed by atoms with Gasteiger partial charge in [0.25, 0.3) is 0 Å². The summed E-state index contributed by atoms with van der Waals surface area (Å²) in [5.41, 5.74) is 2.48. The van der Waals surface area contributed by atoms with Gasteiger partial charge in [-0.3, -0.25) is 0 Å². The van der Waals surface area contributed by atoms with Crippen molar-refractivity contribution in [2.75, 3.05) is 13.2 Å². The molecule has 1 heterocycles. The fraction of sp³-hybridized carbons (Fsp3) is 0.500. The van der Waals surface area contributed by atoms with Gasteiger partial charge in [0.15, 0.2) is 0 Å². The van der Waals surface area contributed by atoms with Crippen LogP contribution in [0.5, 0.6) is 0 Å². The molecule has 1 N–H and O–H groups in total. The molecule has 1 unspecified atom stereocenters. The molecule has 2 nitrogen and oxygen atoms in total. The van der Waals surface area contributed by atoms with Crippen molar-refractivity contribution in [2.45, 2.75) is 38.6 Å². The first-order chi connectivity index (χ1) is 9.29. The lowest BCUT2D eigenvalue weighted by atomic mass is 9.95. The molecule has 3 heteroatoms. The lowest BCUT2D eigenvalue weighted by Crippen LogP contribution is -2.34. The molecule has 2 rings (SSSR count). The van der Waals surface area contributed by atoms with E-state index in [4.69, 9.17) is 4.74 Å². The summed E-state index contributed by atoms with van der Waals surface area (Å²) in [4.78, 5) is 0. The molecule has 0 saturated heterocycles. The standard InChI is InChI=1S/C16H22FNO/c1-2-9-18-16(14-4-3-10-19-12-14)11-13-5-7-15(17)8-6-13/h5-8,12,16,18H,2-4,9-11H2,1H3. The maximum atomic E-state index is 12.9. The van der Waals surface area contributed by atoms with Crippen molar-refractivity contribution >= 4 is 0 Å². The van der Waals surface area contributed by atoms with Crippen LogP contribution >= 0.6 is 0 Å². The minimum atomic E-state index is -0.179. The first-order valence-electron chi connectivity index (χ1n) is 7.08. The average molecular weight is 263 g/mol. The second-order valence-corrected chi connectivity index (χ2v) is 5.00. The SMILES string of the molecule is CCCNC(Cc1ccc(F)cc1)C1=COCCC1. The summed E-state index contributed by atoms with van der Waals surface area (Å²) < 4.78 is 18.4. The molecule has 0 aromatic heterocycles. The third-order valence-electron chi connectivity index (χ3n) is 3.40. The van der Waals surface area contributed by atoms with Crippen molar-refractivity contribution in [1.82, 2.24) is 5.32 Å². The van der Waals surface area contributed by atoms with E-state index in [1.54, 1.807) is 0 Å². The Kier molecular flexibility index (Phi) is 5.40. The molecule has 104 valence electrons. The van der Waals surface area contributed by atoms with Crippen LogP contribution < -0.4 is 5.32 Å². The molecule has 0 aliphatic carbocycles. The molecule has 1 aliphatic rings. The van der Waals surface area contributed by atoms with Gasteiger partial charge < -0.3 is 10.1 Å². The first-order valence-corrected chi connectivity index (χ1v) is 7.08. The van der Waals surface area contributed by atoms with E-state index >= 15 is 0 Å². The average Bonchev–Trinajstić information content (AvgIpc) is 2.46. The Hall–Kier alpha value is -1.35. The molecule has 1 aliphatic heterocycles. The number of halogens is 1. The maximum Gasteiger partial charge on any atom is 0.123 e. The van der Waals surface area contributed by atoms with Gasteiger partial charge in [0.1, 0.15) is 5.82 Å². The number of benzene rings is 1. The molecule has 1 atom stereocenters. The molecular weight excluding hydrogens is 241 g/mol. The summed E-state index contributed by atoms with van der Waals surface area (Å²) in [5.74, 6) is -0.179. The van der Waals surface area contributed by atoms with Crippen LogP contribution in [0.1, 0.15) is 31.7 Å². The number of hydrogen-bond donors (Lipinski definition) is 1. The number of hydrogen-bond acceptors (Lipinski definition) is 2. The van der Waals surface area contributed by atoms with Crippen LogP contribution in [0, 0.1) is 5.82 Å². The Bertz CT molecular complexity index is 413.